The summed E-state index contributed by atoms with van der Waals surface area (Å²) >= 11 is 0. The van der Waals surface area contributed by atoms with Gasteiger partial charge in [0.25, 0.3) is 0 Å². The van der Waals surface area contributed by atoms with Crippen molar-refractivity contribution in [1.29, 1.82) is 5.26 Å². The third-order valence-corrected chi connectivity index (χ3v) is 5.41. The molecule has 0 aliphatic heterocycles. The van der Waals surface area contributed by atoms with Crippen molar-refractivity contribution in [3.63, 3.8) is 0 Å². The molecule has 1 aliphatic carbocycles. The van der Waals surface area contributed by atoms with E-state index in [9.17, 15) is 0 Å². The van der Waals surface area contributed by atoms with Crippen molar-refractivity contribution in [2.45, 2.75) is 44.7 Å². The van der Waals surface area contributed by atoms with Crippen molar-refractivity contribution in [1.82, 2.24) is 34.7 Å². The first kappa shape index (κ1) is 22.7. The summed E-state index contributed by atoms with van der Waals surface area (Å²) in [6.45, 7) is 0.594. The van der Waals surface area contributed by atoms with Gasteiger partial charge in [0.15, 0.2) is 11.2 Å². The van der Waals surface area contributed by atoms with Gasteiger partial charge in [0.05, 0.1) is 37.1 Å². The molecule has 0 spiro atoms. The van der Waals surface area contributed by atoms with Gasteiger partial charge in [0.2, 0.25) is 5.95 Å². The predicted octanol–water partition coefficient (Wildman–Crippen LogP) is 2.97. The Balaban J connectivity index is 0.000000636. The zero-order chi connectivity index (χ0) is 23.9. The second-order valence-corrected chi connectivity index (χ2v) is 7.81. The van der Waals surface area contributed by atoms with E-state index in [0.29, 0.717) is 36.1 Å². The van der Waals surface area contributed by atoms with E-state index in [4.69, 9.17) is 15.2 Å². The van der Waals surface area contributed by atoms with E-state index in [-0.39, 0.29) is 0 Å². The van der Waals surface area contributed by atoms with Crippen LogP contribution in [0.15, 0.2) is 42.9 Å². The normalized spacial score (nSPS) is 13.3. The molecule has 1 saturated carbocycles. The summed E-state index contributed by atoms with van der Waals surface area (Å²) in [5.41, 5.74) is 8.30. The smallest absolute Gasteiger partial charge is 0.402 e. The summed E-state index contributed by atoms with van der Waals surface area (Å²) in [6.07, 6.45) is 9.41. The highest BCUT2D eigenvalue weighted by molar-refractivity contribution is 5.72. The second-order valence-electron chi connectivity index (χ2n) is 7.81. The molecule has 0 radical (unpaired) electrons. The predicted molar refractivity (Wildman–Crippen MR) is 124 cm³/mol. The molecular weight excluding hydrogens is 436 g/mol. The number of nitriles is 1. The van der Waals surface area contributed by atoms with Crippen molar-refractivity contribution in [3.8, 4) is 22.9 Å². The molecule has 1 aromatic carbocycles. The highest BCUT2D eigenvalue weighted by Crippen LogP contribution is 2.23. The second kappa shape index (κ2) is 10.4. The van der Waals surface area contributed by atoms with Crippen LogP contribution in [0.4, 0.5) is 10.7 Å². The first-order valence-corrected chi connectivity index (χ1v) is 10.9. The lowest BCUT2D eigenvalue weighted by Crippen LogP contribution is -2.16. The maximum atomic E-state index is 8.78. The minimum Gasteiger partial charge on any atom is -0.465 e. The van der Waals surface area contributed by atoms with Gasteiger partial charge in [-0.15, -0.1) is 5.10 Å². The van der Waals surface area contributed by atoms with Crippen molar-refractivity contribution in [2.75, 3.05) is 5.32 Å². The number of benzene rings is 1. The number of hydrogen-bond donors (Lipinski definition) is 3. The minimum atomic E-state index is -1.33. The summed E-state index contributed by atoms with van der Waals surface area (Å²) in [5.74, 6) is 0.624. The molecule has 34 heavy (non-hydrogen) atoms. The number of nitrogens with one attached hydrogen (secondary N) is 1. The SMILES string of the molecule is N#CCCn1cc(-c2ccc(-n3nnc4cnc(NC5CCCC5)nc43)cc2)cn1.NC(=O)O. The van der Waals surface area contributed by atoms with Gasteiger partial charge in [0.1, 0.15) is 0 Å². The van der Waals surface area contributed by atoms with E-state index in [1.807, 2.05) is 36.7 Å². The molecular formula is C22H24N10O2. The van der Waals surface area contributed by atoms with Crippen LogP contribution in [0.25, 0.3) is 28.0 Å². The van der Waals surface area contributed by atoms with Crippen molar-refractivity contribution >= 4 is 23.2 Å². The molecule has 0 saturated heterocycles. The fourth-order valence-corrected chi connectivity index (χ4v) is 3.82. The largest absolute Gasteiger partial charge is 0.465 e. The Hall–Kier alpha value is -4.53. The Morgan fingerprint density at radius 1 is 1.21 bits per heavy atom. The van der Waals surface area contributed by atoms with Gasteiger partial charge >= 0.3 is 6.09 Å². The summed E-state index contributed by atoms with van der Waals surface area (Å²) in [7, 11) is 0. The maximum Gasteiger partial charge on any atom is 0.402 e. The average molecular weight is 461 g/mol. The Bertz CT molecular complexity index is 1300. The van der Waals surface area contributed by atoms with E-state index in [0.717, 1.165) is 29.7 Å². The van der Waals surface area contributed by atoms with Gasteiger partial charge in [-0.2, -0.15) is 20.0 Å². The molecule has 1 aliphatic rings. The van der Waals surface area contributed by atoms with Crippen LogP contribution in [0, 0.1) is 11.3 Å². The van der Waals surface area contributed by atoms with Crippen LogP contribution in [0.5, 0.6) is 0 Å². The Labute approximate surface area is 195 Å². The van der Waals surface area contributed by atoms with Gasteiger partial charge < -0.3 is 16.2 Å². The summed E-state index contributed by atoms with van der Waals surface area (Å²) in [6, 6.07) is 10.6. The molecule has 12 heteroatoms. The number of aryl methyl sites for hydroxylation is 1. The van der Waals surface area contributed by atoms with Crippen LogP contribution in [-0.2, 0) is 6.54 Å². The van der Waals surface area contributed by atoms with E-state index in [1.54, 1.807) is 15.6 Å². The molecule has 174 valence electrons. The van der Waals surface area contributed by atoms with Gasteiger partial charge in [-0.05, 0) is 30.5 Å². The van der Waals surface area contributed by atoms with E-state index in [2.05, 4.69) is 42.5 Å². The molecule has 0 atom stereocenters. The van der Waals surface area contributed by atoms with Crippen LogP contribution in [0.2, 0.25) is 0 Å². The van der Waals surface area contributed by atoms with Crippen molar-refractivity contribution in [2.24, 2.45) is 5.73 Å². The average Bonchev–Trinajstić information content (AvgIpc) is 3.58. The zero-order valence-electron chi connectivity index (χ0n) is 18.4. The Morgan fingerprint density at radius 3 is 2.65 bits per heavy atom. The molecule has 1 fully saturated rings. The highest BCUT2D eigenvalue weighted by atomic mass is 16.4. The van der Waals surface area contributed by atoms with Crippen LogP contribution >= 0.6 is 0 Å². The van der Waals surface area contributed by atoms with Crippen LogP contribution in [0.1, 0.15) is 32.1 Å². The molecule has 0 unspecified atom stereocenters. The molecule has 0 bridgehead atoms. The summed E-state index contributed by atoms with van der Waals surface area (Å²) in [4.78, 5) is 17.8. The molecule has 4 N–H and O–H groups in total. The molecule has 4 aromatic rings. The number of anilines is 1. The number of amides is 1. The van der Waals surface area contributed by atoms with Crippen LogP contribution in [0.3, 0.4) is 0 Å². The molecule has 1 amide bonds. The van der Waals surface area contributed by atoms with Crippen molar-refractivity contribution in [3.05, 3.63) is 42.9 Å². The highest BCUT2D eigenvalue weighted by Gasteiger charge is 2.17. The lowest BCUT2D eigenvalue weighted by atomic mass is 10.1. The van der Waals surface area contributed by atoms with Gasteiger partial charge in [-0.25, -0.2) is 9.78 Å². The quantitative estimate of drug-likeness (QED) is 0.391. The topological polar surface area (TPSA) is 173 Å². The zero-order valence-corrected chi connectivity index (χ0v) is 18.4. The third-order valence-electron chi connectivity index (χ3n) is 5.41. The fourth-order valence-electron chi connectivity index (χ4n) is 3.82. The van der Waals surface area contributed by atoms with Crippen LogP contribution in [-0.4, -0.2) is 52.0 Å². The third kappa shape index (κ3) is 5.44. The number of nitrogens with zero attached hydrogens (tertiary/aromatic N) is 8. The van der Waals surface area contributed by atoms with Gasteiger partial charge in [0, 0.05) is 17.8 Å². The molecule has 3 heterocycles. The minimum absolute atomic E-state index is 0.443. The number of carbonyl (C=O) groups is 1. The van der Waals surface area contributed by atoms with Crippen molar-refractivity contribution < 1.29 is 9.90 Å². The van der Waals surface area contributed by atoms with Crippen LogP contribution < -0.4 is 11.1 Å². The fraction of sp³-hybridized carbons (Fsp3) is 0.318. The van der Waals surface area contributed by atoms with Gasteiger partial charge in [-0.1, -0.05) is 30.2 Å². The number of carboxylic acid groups (broad SMARTS) is 1. The van der Waals surface area contributed by atoms with E-state index >= 15 is 0 Å². The number of rotatable bonds is 6. The lowest BCUT2D eigenvalue weighted by Gasteiger charge is -2.11. The standard InChI is InChI=1S/C21H21N9.CH3NO2/c22-10-3-11-29-14-16(12-24-29)15-6-8-18(9-7-15)30-20-19(27-28-30)13-23-21(26-20)25-17-4-1-2-5-17;2-1(3)4/h6-9,12-14,17H,1-5,11H2,(H,23,25,26);2H2,(H,3,4). The number of primary amides is 1. The molecule has 3 aromatic heterocycles. The van der Waals surface area contributed by atoms with Gasteiger partial charge in [-0.3, -0.25) is 4.68 Å². The molecule has 12 nitrogen and oxygen atoms in total. The summed E-state index contributed by atoms with van der Waals surface area (Å²) in [5, 5.41) is 32.1. The number of hydrogen-bond acceptors (Lipinski definition) is 8. The summed E-state index contributed by atoms with van der Waals surface area (Å²) < 4.78 is 3.52. The number of fused-ring (bicyclic) bond motifs is 1. The maximum absolute atomic E-state index is 8.78. The first-order valence-electron chi connectivity index (χ1n) is 10.9. The monoisotopic (exact) mass is 460 g/mol. The number of aromatic nitrogens is 7. The molecule has 5 rings (SSSR count). The Kier molecular flexibility index (Phi) is 6.92. The number of nitrogens with two attached hydrogens (primary N) is 1. The first-order chi connectivity index (χ1) is 16.5. The van der Waals surface area contributed by atoms with E-state index < -0.39 is 6.09 Å². The lowest BCUT2D eigenvalue weighted by molar-refractivity contribution is 0.205. The Morgan fingerprint density at radius 2 is 1.94 bits per heavy atom. The van der Waals surface area contributed by atoms with E-state index in [1.165, 1.54) is 12.8 Å².